The second-order valence-corrected chi connectivity index (χ2v) is 8.04. The number of aliphatic imine (C=N–C) groups is 2. The molecular formula is C18H21FN2O4S. The summed E-state index contributed by atoms with van der Waals surface area (Å²) in [6, 6.07) is 0. The van der Waals surface area contributed by atoms with Crippen LogP contribution >= 0.6 is 11.8 Å². The molecule has 0 aromatic rings. The van der Waals surface area contributed by atoms with Crippen LogP contribution in [0.5, 0.6) is 0 Å². The summed E-state index contributed by atoms with van der Waals surface area (Å²) in [4.78, 5) is 20.7. The molecule has 2 saturated heterocycles. The maximum Gasteiger partial charge on any atom is 0.263 e. The molecule has 0 radical (unpaired) electrons. The van der Waals surface area contributed by atoms with Gasteiger partial charge in [-0.1, -0.05) is 0 Å². The van der Waals surface area contributed by atoms with Gasteiger partial charge in [0, 0.05) is 36.5 Å². The molecule has 4 rings (SSSR count). The van der Waals surface area contributed by atoms with Gasteiger partial charge in [0.2, 0.25) is 0 Å². The highest BCUT2D eigenvalue weighted by Gasteiger charge is 2.35. The van der Waals surface area contributed by atoms with Crippen LogP contribution in [0, 0.1) is 11.8 Å². The van der Waals surface area contributed by atoms with E-state index in [-0.39, 0.29) is 0 Å². The Bertz CT molecular complexity index is 693. The van der Waals surface area contributed by atoms with Crippen molar-refractivity contribution in [2.45, 2.75) is 18.1 Å². The largest absolute Gasteiger partial charge is 0.493 e. The Kier molecular flexibility index (Phi) is 5.52. The fourth-order valence-electron chi connectivity index (χ4n) is 3.12. The first-order valence-electron chi connectivity index (χ1n) is 8.87. The van der Waals surface area contributed by atoms with Crippen molar-refractivity contribution in [3.05, 3.63) is 23.7 Å². The molecule has 1 aliphatic carbocycles. The Morgan fingerprint density at radius 2 is 2.00 bits per heavy atom. The van der Waals surface area contributed by atoms with E-state index in [2.05, 4.69) is 9.98 Å². The van der Waals surface area contributed by atoms with Gasteiger partial charge < -0.3 is 14.2 Å². The summed E-state index contributed by atoms with van der Waals surface area (Å²) in [6.45, 7) is 3.35. The summed E-state index contributed by atoms with van der Waals surface area (Å²) in [5.74, 6) is -0.336. The summed E-state index contributed by atoms with van der Waals surface area (Å²) in [7, 11) is 0. The lowest BCUT2D eigenvalue weighted by Crippen LogP contribution is -2.33. The molecule has 2 fully saturated rings. The summed E-state index contributed by atoms with van der Waals surface area (Å²) < 4.78 is 30.5. The van der Waals surface area contributed by atoms with Gasteiger partial charge in [0.05, 0.1) is 31.3 Å². The lowest BCUT2D eigenvalue weighted by Gasteiger charge is -2.27. The van der Waals surface area contributed by atoms with E-state index < -0.39 is 17.7 Å². The van der Waals surface area contributed by atoms with Gasteiger partial charge in [-0.3, -0.25) is 4.79 Å². The first-order valence-corrected chi connectivity index (χ1v) is 9.92. The number of rotatable bonds is 6. The number of carbonyl (C=O) groups excluding carboxylic acids is 1. The van der Waals surface area contributed by atoms with Gasteiger partial charge in [0.15, 0.2) is 0 Å². The molecule has 0 spiro atoms. The van der Waals surface area contributed by atoms with E-state index in [9.17, 15) is 9.18 Å². The molecule has 0 aromatic heterocycles. The van der Waals surface area contributed by atoms with Gasteiger partial charge >= 0.3 is 0 Å². The van der Waals surface area contributed by atoms with Crippen molar-refractivity contribution in [1.29, 1.82) is 0 Å². The molecule has 140 valence electrons. The Labute approximate surface area is 155 Å². The maximum atomic E-state index is 14.4. The first kappa shape index (κ1) is 17.9. The van der Waals surface area contributed by atoms with E-state index in [4.69, 9.17) is 14.2 Å². The molecule has 0 aromatic carbocycles. The van der Waals surface area contributed by atoms with Gasteiger partial charge in [-0.25, -0.2) is 9.38 Å². The zero-order chi connectivity index (χ0) is 17.9. The van der Waals surface area contributed by atoms with E-state index in [1.54, 1.807) is 17.8 Å². The maximum absolute atomic E-state index is 14.4. The Balaban J connectivity index is 1.41. The number of hydrogen-bond donors (Lipinski definition) is 0. The zero-order valence-electron chi connectivity index (χ0n) is 14.4. The molecule has 6 nitrogen and oxygen atoms in total. The number of amidine groups is 1. The Morgan fingerprint density at radius 1 is 1.19 bits per heavy atom. The third-order valence-corrected chi connectivity index (χ3v) is 6.06. The molecule has 8 heteroatoms. The minimum absolute atomic E-state index is 0.341. The van der Waals surface area contributed by atoms with Gasteiger partial charge in [0.1, 0.15) is 23.3 Å². The number of hydrogen-bond acceptors (Lipinski definition) is 6. The van der Waals surface area contributed by atoms with Gasteiger partial charge in [-0.15, -0.1) is 0 Å². The molecule has 0 N–H and O–H groups in total. The lowest BCUT2D eigenvalue weighted by molar-refractivity contribution is -0.119. The number of amides is 1. The van der Waals surface area contributed by atoms with Crippen LogP contribution in [-0.4, -0.2) is 61.5 Å². The van der Waals surface area contributed by atoms with Crippen molar-refractivity contribution in [3.8, 4) is 0 Å². The van der Waals surface area contributed by atoms with E-state index in [1.165, 1.54) is 6.08 Å². The number of fused-ring (bicyclic) bond motifs is 1. The van der Waals surface area contributed by atoms with Crippen molar-refractivity contribution in [3.63, 3.8) is 0 Å². The number of ether oxygens (including phenoxy) is 3. The highest BCUT2D eigenvalue weighted by atomic mass is 32.2. The fourth-order valence-corrected chi connectivity index (χ4v) is 4.16. The van der Waals surface area contributed by atoms with Crippen LogP contribution in [-0.2, 0) is 19.0 Å². The quantitative estimate of drug-likeness (QED) is 0.707. The third kappa shape index (κ3) is 4.07. The van der Waals surface area contributed by atoms with Crippen molar-refractivity contribution in [2.24, 2.45) is 21.8 Å². The average molecular weight is 380 g/mol. The molecule has 4 aliphatic rings. The van der Waals surface area contributed by atoms with E-state index in [0.29, 0.717) is 54.0 Å². The topological polar surface area (TPSA) is 69.5 Å². The molecule has 1 atom stereocenters. The predicted octanol–water partition coefficient (Wildman–Crippen LogP) is 2.31. The first-order chi connectivity index (χ1) is 12.7. The van der Waals surface area contributed by atoms with E-state index >= 15 is 0 Å². The highest BCUT2D eigenvalue weighted by molar-refractivity contribution is 8.00. The second kappa shape index (κ2) is 8.02. The number of carbonyl (C=O) groups is 1. The number of nitrogens with zero attached hydrogens (tertiary/aromatic N) is 2. The summed E-state index contributed by atoms with van der Waals surface area (Å²) >= 11 is 1.73. The van der Waals surface area contributed by atoms with Crippen molar-refractivity contribution in [2.75, 3.05) is 38.8 Å². The SMILES string of the molecule is O=C1N=C(CSC2CCOCC2)N=C2C=C(OCC3COC3)C=C(F)C12. The Hall–Kier alpha value is -1.51. The smallest absolute Gasteiger partial charge is 0.263 e. The van der Waals surface area contributed by atoms with E-state index in [0.717, 1.165) is 26.1 Å². The third-order valence-electron chi connectivity index (χ3n) is 4.70. The average Bonchev–Trinajstić information content (AvgIpc) is 2.59. The molecular weight excluding hydrogens is 359 g/mol. The predicted molar refractivity (Wildman–Crippen MR) is 97.2 cm³/mol. The van der Waals surface area contributed by atoms with Crippen LogP contribution in [0.15, 0.2) is 33.7 Å². The fraction of sp³-hybridized carbons (Fsp3) is 0.611. The summed E-state index contributed by atoms with van der Waals surface area (Å²) in [5.41, 5.74) is 0.382. The molecule has 1 amide bonds. The molecule has 3 aliphatic heterocycles. The number of thioether (sulfide) groups is 1. The van der Waals surface area contributed by atoms with Crippen LogP contribution < -0.4 is 0 Å². The normalized spacial score (nSPS) is 27.0. The van der Waals surface area contributed by atoms with Crippen molar-refractivity contribution < 1.29 is 23.4 Å². The summed E-state index contributed by atoms with van der Waals surface area (Å²) in [6.07, 6.45) is 4.90. The van der Waals surface area contributed by atoms with Gasteiger partial charge in [-0.05, 0) is 12.8 Å². The van der Waals surface area contributed by atoms with Crippen LogP contribution in [0.1, 0.15) is 12.8 Å². The molecule has 0 saturated carbocycles. The monoisotopic (exact) mass is 380 g/mol. The zero-order valence-corrected chi connectivity index (χ0v) is 15.2. The number of halogens is 1. The van der Waals surface area contributed by atoms with Crippen LogP contribution in [0.4, 0.5) is 4.39 Å². The number of allylic oxidation sites excluding steroid dienone is 2. The minimum Gasteiger partial charge on any atom is -0.493 e. The van der Waals surface area contributed by atoms with Crippen molar-refractivity contribution in [1.82, 2.24) is 0 Å². The molecule has 3 heterocycles. The second-order valence-electron chi connectivity index (χ2n) is 6.75. The standard InChI is InChI=1S/C18H21FN2O4S/c19-14-5-12(25-9-11-7-24-8-11)6-15-17(14)18(22)21-16(20-15)10-26-13-1-3-23-4-2-13/h5-6,11,13,17H,1-4,7-10H2. The van der Waals surface area contributed by atoms with Crippen LogP contribution in [0.3, 0.4) is 0 Å². The van der Waals surface area contributed by atoms with Gasteiger partial charge in [-0.2, -0.15) is 16.8 Å². The summed E-state index contributed by atoms with van der Waals surface area (Å²) in [5, 5.41) is 0.488. The molecule has 26 heavy (non-hydrogen) atoms. The van der Waals surface area contributed by atoms with Gasteiger partial charge in [0.25, 0.3) is 5.91 Å². The highest BCUT2D eigenvalue weighted by Crippen LogP contribution is 2.29. The van der Waals surface area contributed by atoms with Crippen LogP contribution in [0.2, 0.25) is 0 Å². The van der Waals surface area contributed by atoms with E-state index in [1.807, 2.05) is 0 Å². The lowest BCUT2D eigenvalue weighted by atomic mass is 9.94. The van der Waals surface area contributed by atoms with Crippen molar-refractivity contribution >= 4 is 29.2 Å². The molecule has 1 unspecified atom stereocenters. The minimum atomic E-state index is -1.02. The Morgan fingerprint density at radius 3 is 2.73 bits per heavy atom. The van der Waals surface area contributed by atoms with Crippen LogP contribution in [0.25, 0.3) is 0 Å². The molecule has 0 bridgehead atoms.